The number of terminal acetylenes is 1. The van der Waals surface area contributed by atoms with Crippen LogP contribution in [0.5, 0.6) is 0 Å². The van der Waals surface area contributed by atoms with Gasteiger partial charge in [0.25, 0.3) is 0 Å². The van der Waals surface area contributed by atoms with Gasteiger partial charge >= 0.3 is 0 Å². The molecule has 1 amide bonds. The van der Waals surface area contributed by atoms with Crippen molar-refractivity contribution in [2.45, 2.75) is 51.0 Å². The maximum atomic E-state index is 11.6. The van der Waals surface area contributed by atoms with Gasteiger partial charge in [0.15, 0.2) is 0 Å². The Kier molecular flexibility index (Phi) is 5.95. The number of carbonyl (C=O) groups is 1. The summed E-state index contributed by atoms with van der Waals surface area (Å²) in [6.45, 7) is 0.683. The van der Waals surface area contributed by atoms with E-state index in [1.54, 1.807) is 0 Å². The molecule has 0 aromatic rings. The minimum Gasteiger partial charge on any atom is -0.353 e. The Morgan fingerprint density at radius 1 is 1.44 bits per heavy atom. The SMILES string of the molecule is C#CCCCCC(=O)NC1CCCC1CN. The molecule has 1 rings (SSSR count). The van der Waals surface area contributed by atoms with Gasteiger partial charge in [-0.05, 0) is 38.1 Å². The van der Waals surface area contributed by atoms with Crippen LogP contribution in [0.1, 0.15) is 44.9 Å². The number of nitrogens with two attached hydrogens (primary N) is 1. The number of rotatable bonds is 6. The van der Waals surface area contributed by atoms with Crippen LogP contribution < -0.4 is 11.1 Å². The summed E-state index contributed by atoms with van der Waals surface area (Å²) in [4.78, 5) is 11.6. The number of hydrogen-bond acceptors (Lipinski definition) is 2. The lowest BCUT2D eigenvalue weighted by Gasteiger charge is -2.19. The molecule has 3 nitrogen and oxygen atoms in total. The molecule has 1 aliphatic rings. The van der Waals surface area contributed by atoms with Gasteiger partial charge in [0.2, 0.25) is 5.91 Å². The van der Waals surface area contributed by atoms with Crippen LogP contribution in [0.3, 0.4) is 0 Å². The molecule has 0 radical (unpaired) electrons. The molecule has 0 spiro atoms. The van der Waals surface area contributed by atoms with Crippen LogP contribution in [0.4, 0.5) is 0 Å². The molecule has 3 heteroatoms. The summed E-state index contributed by atoms with van der Waals surface area (Å²) in [6, 6.07) is 0.310. The Morgan fingerprint density at radius 3 is 2.94 bits per heavy atom. The highest BCUT2D eigenvalue weighted by atomic mass is 16.1. The Bertz CT molecular complexity index is 257. The van der Waals surface area contributed by atoms with Crippen LogP contribution in [0.15, 0.2) is 0 Å². The third-order valence-electron chi connectivity index (χ3n) is 3.28. The highest BCUT2D eigenvalue weighted by Crippen LogP contribution is 2.24. The van der Waals surface area contributed by atoms with Crippen molar-refractivity contribution in [3.8, 4) is 12.3 Å². The molecular weight excluding hydrogens is 200 g/mol. The number of amides is 1. The van der Waals surface area contributed by atoms with Crippen molar-refractivity contribution in [1.29, 1.82) is 0 Å². The standard InChI is InChI=1S/C13H22N2O/c1-2-3-4-5-9-13(16)15-12-8-6-7-11(12)10-14/h1,11-12H,3-10,14H2,(H,15,16). The summed E-state index contributed by atoms with van der Waals surface area (Å²) in [5, 5.41) is 3.09. The molecule has 90 valence electrons. The summed E-state index contributed by atoms with van der Waals surface area (Å²) >= 11 is 0. The molecule has 1 saturated carbocycles. The van der Waals surface area contributed by atoms with Gasteiger partial charge in [-0.15, -0.1) is 12.3 Å². The van der Waals surface area contributed by atoms with Crippen molar-refractivity contribution >= 4 is 5.91 Å². The Labute approximate surface area is 98.2 Å². The van der Waals surface area contributed by atoms with Crippen molar-refractivity contribution in [2.75, 3.05) is 6.54 Å². The molecule has 0 saturated heterocycles. The van der Waals surface area contributed by atoms with E-state index in [2.05, 4.69) is 11.2 Å². The normalized spacial score (nSPS) is 24.0. The first-order valence-electron chi connectivity index (χ1n) is 6.20. The summed E-state index contributed by atoms with van der Waals surface area (Å²) in [5.74, 6) is 3.22. The second-order valence-electron chi connectivity index (χ2n) is 4.51. The maximum Gasteiger partial charge on any atom is 0.220 e. The first kappa shape index (κ1) is 13.1. The minimum atomic E-state index is 0.155. The molecular formula is C13H22N2O. The number of hydrogen-bond donors (Lipinski definition) is 2. The van der Waals surface area contributed by atoms with Gasteiger partial charge in [-0.3, -0.25) is 4.79 Å². The van der Waals surface area contributed by atoms with Crippen molar-refractivity contribution in [3.63, 3.8) is 0 Å². The van der Waals surface area contributed by atoms with Gasteiger partial charge in [-0.1, -0.05) is 6.42 Å². The van der Waals surface area contributed by atoms with Gasteiger partial charge in [-0.2, -0.15) is 0 Å². The Morgan fingerprint density at radius 2 is 2.25 bits per heavy atom. The van der Waals surface area contributed by atoms with E-state index in [1.807, 2.05) is 0 Å². The quantitative estimate of drug-likeness (QED) is 0.527. The van der Waals surface area contributed by atoms with E-state index < -0.39 is 0 Å². The predicted molar refractivity (Wildman–Crippen MR) is 65.6 cm³/mol. The molecule has 2 unspecified atom stereocenters. The van der Waals surface area contributed by atoms with Crippen LogP contribution >= 0.6 is 0 Å². The highest BCUT2D eigenvalue weighted by molar-refractivity contribution is 5.76. The monoisotopic (exact) mass is 222 g/mol. The van der Waals surface area contributed by atoms with Crippen molar-refractivity contribution in [2.24, 2.45) is 11.7 Å². The smallest absolute Gasteiger partial charge is 0.220 e. The van der Waals surface area contributed by atoms with Crippen molar-refractivity contribution in [3.05, 3.63) is 0 Å². The molecule has 1 aliphatic carbocycles. The second-order valence-corrected chi connectivity index (χ2v) is 4.51. The summed E-state index contributed by atoms with van der Waals surface area (Å²) in [6.07, 6.45) is 11.7. The fourth-order valence-electron chi connectivity index (χ4n) is 2.30. The molecule has 0 aromatic heterocycles. The maximum absolute atomic E-state index is 11.6. The molecule has 16 heavy (non-hydrogen) atoms. The lowest BCUT2D eigenvalue weighted by molar-refractivity contribution is -0.122. The van der Waals surface area contributed by atoms with E-state index in [0.29, 0.717) is 24.9 Å². The molecule has 0 heterocycles. The lowest BCUT2D eigenvalue weighted by atomic mass is 10.0. The molecule has 1 fully saturated rings. The van der Waals surface area contributed by atoms with Gasteiger partial charge in [0, 0.05) is 18.9 Å². The van der Waals surface area contributed by atoms with Crippen LogP contribution in [0, 0.1) is 18.3 Å². The molecule has 2 atom stereocenters. The fraction of sp³-hybridized carbons (Fsp3) is 0.769. The first-order chi connectivity index (χ1) is 7.77. The van der Waals surface area contributed by atoms with E-state index in [9.17, 15) is 4.79 Å². The third-order valence-corrected chi connectivity index (χ3v) is 3.28. The van der Waals surface area contributed by atoms with Gasteiger partial charge in [0.1, 0.15) is 0 Å². The molecule has 0 bridgehead atoms. The number of carbonyl (C=O) groups excluding carboxylic acids is 1. The summed E-state index contributed by atoms with van der Waals surface area (Å²) in [7, 11) is 0. The Hall–Kier alpha value is -1.01. The van der Waals surface area contributed by atoms with Gasteiger partial charge < -0.3 is 11.1 Å². The van der Waals surface area contributed by atoms with Crippen LogP contribution in [-0.4, -0.2) is 18.5 Å². The van der Waals surface area contributed by atoms with Gasteiger partial charge in [-0.25, -0.2) is 0 Å². The third kappa shape index (κ3) is 4.24. The first-order valence-corrected chi connectivity index (χ1v) is 6.20. The van der Waals surface area contributed by atoms with E-state index in [0.717, 1.165) is 32.1 Å². The van der Waals surface area contributed by atoms with E-state index >= 15 is 0 Å². The van der Waals surface area contributed by atoms with Crippen LogP contribution in [-0.2, 0) is 4.79 Å². The molecule has 0 aliphatic heterocycles. The average Bonchev–Trinajstić information content (AvgIpc) is 2.71. The zero-order chi connectivity index (χ0) is 11.8. The topological polar surface area (TPSA) is 55.1 Å². The van der Waals surface area contributed by atoms with Gasteiger partial charge in [0.05, 0.1) is 0 Å². The minimum absolute atomic E-state index is 0.155. The highest BCUT2D eigenvalue weighted by Gasteiger charge is 2.26. The lowest BCUT2D eigenvalue weighted by Crippen LogP contribution is -2.39. The largest absolute Gasteiger partial charge is 0.353 e. The van der Waals surface area contributed by atoms with E-state index in [4.69, 9.17) is 12.2 Å². The van der Waals surface area contributed by atoms with Crippen molar-refractivity contribution in [1.82, 2.24) is 5.32 Å². The summed E-state index contributed by atoms with van der Waals surface area (Å²) < 4.78 is 0. The molecule has 3 N–H and O–H groups in total. The number of unbranched alkanes of at least 4 members (excludes halogenated alkanes) is 2. The number of nitrogens with one attached hydrogen (secondary N) is 1. The summed E-state index contributed by atoms with van der Waals surface area (Å²) in [5.41, 5.74) is 5.67. The Balaban J connectivity index is 2.16. The second kappa shape index (κ2) is 7.29. The molecule has 0 aromatic carbocycles. The van der Waals surface area contributed by atoms with Crippen LogP contribution in [0.2, 0.25) is 0 Å². The van der Waals surface area contributed by atoms with E-state index in [-0.39, 0.29) is 5.91 Å². The zero-order valence-corrected chi connectivity index (χ0v) is 9.87. The predicted octanol–water partition coefficient (Wildman–Crippen LogP) is 1.42. The fourth-order valence-corrected chi connectivity index (χ4v) is 2.30. The average molecular weight is 222 g/mol. The van der Waals surface area contributed by atoms with E-state index in [1.165, 1.54) is 6.42 Å². The zero-order valence-electron chi connectivity index (χ0n) is 9.87. The van der Waals surface area contributed by atoms with Crippen molar-refractivity contribution < 1.29 is 4.79 Å². The van der Waals surface area contributed by atoms with Crippen LogP contribution in [0.25, 0.3) is 0 Å².